The molecule has 4 N–H and O–H groups in total. The Morgan fingerprint density at radius 2 is 1.83 bits per heavy atom. The van der Waals surface area contributed by atoms with E-state index in [0.717, 1.165) is 12.8 Å². The zero-order valence-corrected chi connectivity index (χ0v) is 17.3. The van der Waals surface area contributed by atoms with E-state index in [1.165, 1.54) is 0 Å². The van der Waals surface area contributed by atoms with Gasteiger partial charge >= 0.3 is 6.03 Å². The van der Waals surface area contributed by atoms with Gasteiger partial charge in [0, 0.05) is 29.9 Å². The Balaban J connectivity index is 1.53. The van der Waals surface area contributed by atoms with Crippen LogP contribution in [0.5, 0.6) is 0 Å². The summed E-state index contributed by atoms with van der Waals surface area (Å²) in [7, 11) is -3.22. The van der Waals surface area contributed by atoms with Crippen LogP contribution in [0, 0.1) is 0 Å². The highest BCUT2D eigenvalue weighted by Crippen LogP contribution is 2.31. The molecule has 0 spiro atoms. The van der Waals surface area contributed by atoms with Crippen molar-refractivity contribution in [1.82, 2.24) is 15.3 Å². The summed E-state index contributed by atoms with van der Waals surface area (Å²) in [6.45, 7) is 0.225. The lowest BCUT2D eigenvalue weighted by molar-refractivity contribution is 0.251. The minimum atomic E-state index is -3.22. The summed E-state index contributed by atoms with van der Waals surface area (Å²) in [5.74, 6) is 0.705. The molecule has 4 rings (SSSR count). The Morgan fingerprint density at radius 1 is 1.10 bits per heavy atom. The number of anilines is 2. The van der Waals surface area contributed by atoms with Crippen LogP contribution >= 0.6 is 0 Å². The van der Waals surface area contributed by atoms with Gasteiger partial charge in [-0.2, -0.15) is 0 Å². The Hall–Kier alpha value is -2.72. The van der Waals surface area contributed by atoms with E-state index in [9.17, 15) is 13.2 Å². The number of nitrogens with zero attached hydrogens (tertiary/aromatic N) is 2. The molecule has 0 unspecified atom stereocenters. The fourth-order valence-corrected chi connectivity index (χ4v) is 4.66. The standard InChI is InChI=1S/C20H25N5O4S/c26-10-9-21-18-11-16(12-30(28,29)17-7-8-17)22-19(25-18)13-1-3-14(4-2-13)23-20(27)24-15-5-6-15/h1-4,11,15,17,26H,5-10,12H2,(H,21,22,25)(H2,23,24,27). The zero-order valence-electron chi connectivity index (χ0n) is 16.5. The summed E-state index contributed by atoms with van der Waals surface area (Å²) >= 11 is 0. The topological polar surface area (TPSA) is 133 Å². The first-order valence-electron chi connectivity index (χ1n) is 10.0. The maximum Gasteiger partial charge on any atom is 0.319 e. The number of aliphatic hydroxyl groups excluding tert-OH is 1. The van der Waals surface area contributed by atoms with Gasteiger partial charge in [-0.05, 0) is 49.9 Å². The second kappa shape index (κ2) is 8.57. The molecule has 1 aromatic heterocycles. The molecule has 0 radical (unpaired) electrons. The van der Waals surface area contributed by atoms with Crippen LogP contribution in [0.1, 0.15) is 31.4 Å². The second-order valence-corrected chi connectivity index (χ2v) is 9.96. The molecule has 10 heteroatoms. The number of hydrogen-bond acceptors (Lipinski definition) is 7. The average molecular weight is 432 g/mol. The fraction of sp³-hybridized carbons (Fsp3) is 0.450. The number of urea groups is 1. The summed E-state index contributed by atoms with van der Waals surface area (Å²) in [6, 6.07) is 8.70. The molecule has 2 aliphatic carbocycles. The van der Waals surface area contributed by atoms with Crippen molar-refractivity contribution in [3.05, 3.63) is 36.0 Å². The van der Waals surface area contributed by atoms with Crippen molar-refractivity contribution in [2.75, 3.05) is 23.8 Å². The first-order chi connectivity index (χ1) is 14.4. The Labute approximate surface area is 175 Å². The van der Waals surface area contributed by atoms with E-state index in [4.69, 9.17) is 5.11 Å². The monoisotopic (exact) mass is 431 g/mol. The van der Waals surface area contributed by atoms with E-state index in [-0.39, 0.29) is 29.7 Å². The van der Waals surface area contributed by atoms with Crippen molar-refractivity contribution in [1.29, 1.82) is 0 Å². The normalized spacial score (nSPS) is 16.2. The molecule has 1 heterocycles. The predicted octanol–water partition coefficient (Wildman–Crippen LogP) is 1.91. The van der Waals surface area contributed by atoms with Gasteiger partial charge in [-0.1, -0.05) is 0 Å². The van der Waals surface area contributed by atoms with E-state index in [2.05, 4.69) is 25.9 Å². The highest BCUT2D eigenvalue weighted by molar-refractivity contribution is 7.91. The van der Waals surface area contributed by atoms with E-state index in [1.807, 2.05) is 0 Å². The van der Waals surface area contributed by atoms with Crippen LogP contribution in [0.3, 0.4) is 0 Å². The molecular weight excluding hydrogens is 406 g/mol. The van der Waals surface area contributed by atoms with E-state index < -0.39 is 9.84 Å². The van der Waals surface area contributed by atoms with Crippen molar-refractivity contribution in [3.8, 4) is 11.4 Å². The van der Waals surface area contributed by atoms with Gasteiger partial charge in [0.2, 0.25) is 0 Å². The second-order valence-electron chi connectivity index (χ2n) is 7.68. The van der Waals surface area contributed by atoms with Crippen LogP contribution < -0.4 is 16.0 Å². The molecule has 0 bridgehead atoms. The van der Waals surface area contributed by atoms with Gasteiger partial charge in [-0.3, -0.25) is 0 Å². The molecule has 30 heavy (non-hydrogen) atoms. The van der Waals surface area contributed by atoms with Gasteiger partial charge < -0.3 is 21.1 Å². The number of aromatic nitrogens is 2. The number of sulfone groups is 1. The molecule has 2 aliphatic rings. The SMILES string of the molecule is O=C(Nc1ccc(-c2nc(CS(=O)(=O)C3CC3)cc(NCCO)n2)cc1)NC1CC1. The summed E-state index contributed by atoms with van der Waals surface area (Å²) in [4.78, 5) is 20.8. The largest absolute Gasteiger partial charge is 0.395 e. The van der Waals surface area contributed by atoms with Gasteiger partial charge in [-0.25, -0.2) is 23.2 Å². The number of rotatable bonds is 9. The first-order valence-corrected chi connectivity index (χ1v) is 11.8. The van der Waals surface area contributed by atoms with Crippen molar-refractivity contribution in [2.45, 2.75) is 42.7 Å². The maximum absolute atomic E-state index is 12.4. The average Bonchev–Trinajstić information content (AvgIpc) is 3.60. The number of benzene rings is 1. The van der Waals surface area contributed by atoms with E-state index in [1.54, 1.807) is 30.3 Å². The molecule has 2 saturated carbocycles. The summed E-state index contributed by atoms with van der Waals surface area (Å²) in [5, 5.41) is 17.4. The minimum Gasteiger partial charge on any atom is -0.395 e. The molecular formula is C20H25N5O4S. The fourth-order valence-electron chi connectivity index (χ4n) is 3.01. The Kier molecular flexibility index (Phi) is 5.87. The van der Waals surface area contributed by atoms with Gasteiger partial charge in [-0.15, -0.1) is 0 Å². The van der Waals surface area contributed by atoms with Gasteiger partial charge in [0.15, 0.2) is 15.7 Å². The molecule has 0 saturated heterocycles. The quantitative estimate of drug-likeness (QED) is 0.476. The van der Waals surface area contributed by atoms with Gasteiger partial charge in [0.25, 0.3) is 0 Å². The number of hydrogen-bond donors (Lipinski definition) is 4. The van der Waals surface area contributed by atoms with Crippen LogP contribution in [0.2, 0.25) is 0 Å². The minimum absolute atomic E-state index is 0.0711. The Morgan fingerprint density at radius 3 is 2.47 bits per heavy atom. The number of carbonyl (C=O) groups is 1. The Bertz CT molecular complexity index is 1020. The number of aliphatic hydroxyl groups is 1. The number of carbonyl (C=O) groups excluding carboxylic acids is 1. The zero-order chi connectivity index (χ0) is 21.1. The van der Waals surface area contributed by atoms with E-state index >= 15 is 0 Å². The summed E-state index contributed by atoms with van der Waals surface area (Å²) in [6.07, 6.45) is 3.45. The van der Waals surface area contributed by atoms with Crippen LogP contribution in [0.25, 0.3) is 11.4 Å². The van der Waals surface area contributed by atoms with Crippen molar-refractivity contribution < 1.29 is 18.3 Å². The third-order valence-corrected chi connectivity index (χ3v) is 7.08. The van der Waals surface area contributed by atoms with Crippen LogP contribution in [-0.4, -0.2) is 54.0 Å². The van der Waals surface area contributed by atoms with Crippen LogP contribution in [0.15, 0.2) is 30.3 Å². The summed E-state index contributed by atoms with van der Waals surface area (Å²) in [5.41, 5.74) is 1.75. The molecule has 2 fully saturated rings. The molecule has 160 valence electrons. The predicted molar refractivity (Wildman–Crippen MR) is 114 cm³/mol. The van der Waals surface area contributed by atoms with Crippen molar-refractivity contribution in [2.24, 2.45) is 0 Å². The third-order valence-electron chi connectivity index (χ3n) is 4.89. The van der Waals surface area contributed by atoms with E-state index in [0.29, 0.717) is 48.0 Å². The molecule has 0 aliphatic heterocycles. The first kappa shape index (κ1) is 20.5. The lowest BCUT2D eigenvalue weighted by Crippen LogP contribution is -2.30. The highest BCUT2D eigenvalue weighted by Gasteiger charge is 2.36. The third kappa shape index (κ3) is 5.45. The maximum atomic E-state index is 12.4. The molecule has 9 nitrogen and oxygen atoms in total. The molecule has 0 atom stereocenters. The van der Waals surface area contributed by atoms with Gasteiger partial charge in [0.05, 0.1) is 23.3 Å². The number of amides is 2. The number of nitrogens with one attached hydrogen (secondary N) is 3. The molecule has 2 aromatic rings. The summed E-state index contributed by atoms with van der Waals surface area (Å²) < 4.78 is 24.8. The van der Waals surface area contributed by atoms with Crippen LogP contribution in [-0.2, 0) is 15.6 Å². The lowest BCUT2D eigenvalue weighted by Gasteiger charge is -2.11. The van der Waals surface area contributed by atoms with Gasteiger partial charge in [0.1, 0.15) is 5.82 Å². The highest BCUT2D eigenvalue weighted by atomic mass is 32.2. The van der Waals surface area contributed by atoms with Crippen molar-refractivity contribution >= 4 is 27.4 Å². The molecule has 2 amide bonds. The molecule has 1 aromatic carbocycles. The lowest BCUT2D eigenvalue weighted by atomic mass is 10.2. The smallest absolute Gasteiger partial charge is 0.319 e. The van der Waals surface area contributed by atoms with Crippen LogP contribution in [0.4, 0.5) is 16.3 Å². The van der Waals surface area contributed by atoms with Crippen molar-refractivity contribution in [3.63, 3.8) is 0 Å².